The summed E-state index contributed by atoms with van der Waals surface area (Å²) in [6, 6.07) is 16.0. The Morgan fingerprint density at radius 1 is 1.12 bits per heavy atom. The minimum atomic E-state index is 0.149. The van der Waals surface area contributed by atoms with Crippen LogP contribution in [-0.4, -0.2) is 23.9 Å². The Morgan fingerprint density at radius 2 is 1.79 bits per heavy atom. The molecule has 1 aliphatic heterocycles. The van der Waals surface area contributed by atoms with Crippen LogP contribution >= 0.6 is 11.6 Å². The first-order chi connectivity index (χ1) is 11.6. The molecule has 3 rings (SSSR count). The molecular weight excluding hydrogens is 320 g/mol. The van der Waals surface area contributed by atoms with Crippen molar-refractivity contribution in [2.24, 2.45) is 0 Å². The maximum Gasteiger partial charge on any atom is 0.253 e. The Bertz CT molecular complexity index is 693. The van der Waals surface area contributed by atoms with E-state index in [0.717, 1.165) is 54.2 Å². The highest BCUT2D eigenvalue weighted by atomic mass is 35.5. The van der Waals surface area contributed by atoms with Crippen LogP contribution in [0, 0.1) is 0 Å². The van der Waals surface area contributed by atoms with Gasteiger partial charge in [0.2, 0.25) is 0 Å². The number of hydrogen-bond donors (Lipinski definition) is 1. The molecule has 1 saturated heterocycles. The lowest BCUT2D eigenvalue weighted by Crippen LogP contribution is -2.27. The quantitative estimate of drug-likeness (QED) is 0.872. The second-order valence-electron chi connectivity index (χ2n) is 6.32. The molecule has 0 bridgehead atoms. The smallest absolute Gasteiger partial charge is 0.253 e. The molecule has 2 aromatic rings. The van der Waals surface area contributed by atoms with Crippen LogP contribution in [0.2, 0.25) is 5.02 Å². The molecule has 126 valence electrons. The molecule has 0 aromatic heterocycles. The van der Waals surface area contributed by atoms with Crippen molar-refractivity contribution in [1.29, 1.82) is 0 Å². The lowest BCUT2D eigenvalue weighted by atomic mass is 10.1. The molecule has 1 fully saturated rings. The molecule has 0 saturated carbocycles. The van der Waals surface area contributed by atoms with Crippen LogP contribution in [0.25, 0.3) is 0 Å². The molecule has 0 spiro atoms. The molecule has 1 atom stereocenters. The number of halogens is 1. The van der Waals surface area contributed by atoms with Gasteiger partial charge in [-0.25, -0.2) is 0 Å². The number of likely N-dealkylation sites (tertiary alicyclic amines) is 1. The van der Waals surface area contributed by atoms with Gasteiger partial charge >= 0.3 is 0 Å². The van der Waals surface area contributed by atoms with Gasteiger partial charge in [0.15, 0.2) is 0 Å². The summed E-state index contributed by atoms with van der Waals surface area (Å²) >= 11 is 6.24. The molecule has 1 amide bonds. The molecule has 3 nitrogen and oxygen atoms in total. The molecule has 0 radical (unpaired) electrons. The Kier molecular flexibility index (Phi) is 5.54. The summed E-state index contributed by atoms with van der Waals surface area (Å²) < 4.78 is 0. The van der Waals surface area contributed by atoms with Crippen LogP contribution in [0.4, 0.5) is 0 Å². The second kappa shape index (κ2) is 7.82. The maximum absolute atomic E-state index is 12.3. The van der Waals surface area contributed by atoms with Crippen LogP contribution in [0.1, 0.15) is 47.3 Å². The highest BCUT2D eigenvalue weighted by Crippen LogP contribution is 2.22. The summed E-state index contributed by atoms with van der Waals surface area (Å²) in [4.78, 5) is 14.3. The molecular formula is C20H23ClN2O. The third-order valence-corrected chi connectivity index (χ3v) is 4.92. The summed E-state index contributed by atoms with van der Waals surface area (Å²) in [7, 11) is 0. The fraction of sp³-hybridized carbons (Fsp3) is 0.350. The summed E-state index contributed by atoms with van der Waals surface area (Å²) in [5, 5.41) is 4.26. The van der Waals surface area contributed by atoms with E-state index in [1.807, 2.05) is 53.4 Å². The monoisotopic (exact) mass is 342 g/mol. The average Bonchev–Trinajstić information content (AvgIpc) is 3.14. The predicted octanol–water partition coefficient (Wildman–Crippen LogP) is 4.43. The molecule has 4 heteroatoms. The van der Waals surface area contributed by atoms with Crippen LogP contribution in [-0.2, 0) is 6.54 Å². The van der Waals surface area contributed by atoms with Gasteiger partial charge in [0.05, 0.1) is 0 Å². The van der Waals surface area contributed by atoms with Crippen molar-refractivity contribution in [1.82, 2.24) is 10.2 Å². The van der Waals surface area contributed by atoms with Crippen LogP contribution in [0.5, 0.6) is 0 Å². The summed E-state index contributed by atoms with van der Waals surface area (Å²) in [5.41, 5.74) is 3.03. The fourth-order valence-electron chi connectivity index (χ4n) is 3.08. The molecule has 1 heterocycles. The van der Waals surface area contributed by atoms with E-state index in [4.69, 9.17) is 11.6 Å². The molecule has 1 N–H and O–H groups in total. The first kappa shape index (κ1) is 17.0. The zero-order valence-corrected chi connectivity index (χ0v) is 14.7. The largest absolute Gasteiger partial charge is 0.339 e. The number of carbonyl (C=O) groups excluding carboxylic acids is 1. The third-order valence-electron chi connectivity index (χ3n) is 4.58. The highest BCUT2D eigenvalue weighted by Gasteiger charge is 2.19. The van der Waals surface area contributed by atoms with E-state index in [-0.39, 0.29) is 11.9 Å². The molecule has 2 aromatic carbocycles. The lowest BCUT2D eigenvalue weighted by molar-refractivity contribution is 0.0793. The van der Waals surface area contributed by atoms with Gasteiger partial charge in [0.1, 0.15) is 0 Å². The Labute approximate surface area is 148 Å². The second-order valence-corrected chi connectivity index (χ2v) is 6.73. The topological polar surface area (TPSA) is 32.3 Å². The fourth-order valence-corrected chi connectivity index (χ4v) is 3.37. The number of nitrogens with one attached hydrogen (secondary N) is 1. The normalized spacial score (nSPS) is 15.5. The number of amides is 1. The minimum Gasteiger partial charge on any atom is -0.339 e. The number of carbonyl (C=O) groups is 1. The van der Waals surface area contributed by atoms with E-state index in [1.54, 1.807) is 0 Å². The van der Waals surface area contributed by atoms with Crippen LogP contribution in [0.15, 0.2) is 48.5 Å². The van der Waals surface area contributed by atoms with E-state index >= 15 is 0 Å². The predicted molar refractivity (Wildman–Crippen MR) is 98.3 cm³/mol. The standard InChI is InChI=1S/C20H23ClN2O/c1-15(18-6-2-3-7-19(18)21)22-14-16-8-10-17(11-9-16)20(24)23-12-4-5-13-23/h2-3,6-11,15,22H,4-5,12-14H2,1H3. The van der Waals surface area contributed by atoms with Gasteiger partial charge in [0, 0.05) is 36.3 Å². The van der Waals surface area contributed by atoms with Gasteiger partial charge in [-0.1, -0.05) is 41.9 Å². The van der Waals surface area contributed by atoms with Crippen molar-refractivity contribution in [3.63, 3.8) is 0 Å². The summed E-state index contributed by atoms with van der Waals surface area (Å²) in [6.07, 6.45) is 2.24. The highest BCUT2D eigenvalue weighted by molar-refractivity contribution is 6.31. The van der Waals surface area contributed by atoms with Crippen molar-refractivity contribution in [2.75, 3.05) is 13.1 Å². The van der Waals surface area contributed by atoms with Crippen molar-refractivity contribution in [2.45, 2.75) is 32.4 Å². The number of rotatable bonds is 5. The lowest BCUT2D eigenvalue weighted by Gasteiger charge is -2.17. The van der Waals surface area contributed by atoms with Crippen molar-refractivity contribution < 1.29 is 4.79 Å². The van der Waals surface area contributed by atoms with Crippen molar-refractivity contribution in [3.8, 4) is 0 Å². The van der Waals surface area contributed by atoms with Crippen molar-refractivity contribution >= 4 is 17.5 Å². The van der Waals surface area contributed by atoms with Crippen molar-refractivity contribution in [3.05, 3.63) is 70.2 Å². The first-order valence-corrected chi connectivity index (χ1v) is 8.89. The van der Waals surface area contributed by atoms with E-state index in [0.29, 0.717) is 0 Å². The average molecular weight is 343 g/mol. The minimum absolute atomic E-state index is 0.149. The molecule has 1 unspecified atom stereocenters. The van der Waals surface area contributed by atoms with Crippen LogP contribution in [0.3, 0.4) is 0 Å². The van der Waals surface area contributed by atoms with Crippen LogP contribution < -0.4 is 5.32 Å². The van der Waals surface area contributed by atoms with Gasteiger partial charge in [-0.15, -0.1) is 0 Å². The zero-order valence-electron chi connectivity index (χ0n) is 14.0. The summed E-state index contributed by atoms with van der Waals surface area (Å²) in [5.74, 6) is 0.149. The molecule has 0 aliphatic carbocycles. The molecule has 24 heavy (non-hydrogen) atoms. The van der Waals surface area contributed by atoms with Gasteiger partial charge in [-0.2, -0.15) is 0 Å². The first-order valence-electron chi connectivity index (χ1n) is 8.51. The Balaban J connectivity index is 1.58. The van der Waals surface area contributed by atoms with E-state index in [9.17, 15) is 4.79 Å². The summed E-state index contributed by atoms with van der Waals surface area (Å²) in [6.45, 7) is 4.62. The van der Waals surface area contributed by atoms with E-state index < -0.39 is 0 Å². The van der Waals surface area contributed by atoms with Gasteiger partial charge < -0.3 is 10.2 Å². The maximum atomic E-state index is 12.3. The Morgan fingerprint density at radius 3 is 2.46 bits per heavy atom. The Hall–Kier alpha value is -1.84. The van der Waals surface area contributed by atoms with Gasteiger partial charge in [-0.05, 0) is 49.1 Å². The number of benzene rings is 2. The zero-order chi connectivity index (χ0) is 16.9. The number of hydrogen-bond acceptors (Lipinski definition) is 2. The SMILES string of the molecule is CC(NCc1ccc(C(=O)N2CCCC2)cc1)c1ccccc1Cl. The van der Waals surface area contributed by atoms with E-state index in [1.165, 1.54) is 0 Å². The third kappa shape index (κ3) is 3.97. The van der Waals surface area contributed by atoms with Gasteiger partial charge in [0.25, 0.3) is 5.91 Å². The molecule has 1 aliphatic rings. The van der Waals surface area contributed by atoms with E-state index in [2.05, 4.69) is 12.2 Å². The van der Waals surface area contributed by atoms with Gasteiger partial charge in [-0.3, -0.25) is 4.79 Å². The number of nitrogens with zero attached hydrogens (tertiary/aromatic N) is 1.